The Morgan fingerprint density at radius 1 is 1.41 bits per heavy atom. The van der Waals surface area contributed by atoms with E-state index in [0.29, 0.717) is 11.8 Å². The number of imide groups is 1. The maximum Gasteiger partial charge on any atom is 0.321 e. The molecule has 0 bridgehead atoms. The van der Waals surface area contributed by atoms with Gasteiger partial charge in [0.15, 0.2) is 0 Å². The Kier molecular flexibility index (Phi) is 5.25. The minimum atomic E-state index is -0.690. The van der Waals surface area contributed by atoms with E-state index in [1.54, 1.807) is 0 Å². The van der Waals surface area contributed by atoms with Crippen LogP contribution in [0, 0.1) is 11.8 Å². The molecule has 0 heterocycles. The van der Waals surface area contributed by atoms with Gasteiger partial charge in [-0.1, -0.05) is 20.3 Å². The Morgan fingerprint density at radius 3 is 2.53 bits per heavy atom. The van der Waals surface area contributed by atoms with Crippen molar-refractivity contribution in [2.45, 2.75) is 51.5 Å². The molecule has 1 aliphatic rings. The van der Waals surface area contributed by atoms with Crippen molar-refractivity contribution < 1.29 is 9.59 Å². The van der Waals surface area contributed by atoms with Gasteiger partial charge >= 0.3 is 6.03 Å². The second-order valence-corrected chi connectivity index (χ2v) is 5.44. The average Bonchev–Trinajstić information content (AvgIpc) is 2.59. The highest BCUT2D eigenvalue weighted by atomic mass is 35.5. The summed E-state index contributed by atoms with van der Waals surface area (Å²) in [5.74, 6) is 0.680. The predicted molar refractivity (Wildman–Crippen MR) is 68.0 cm³/mol. The van der Waals surface area contributed by atoms with E-state index in [1.165, 1.54) is 6.92 Å². The minimum Gasteiger partial charge on any atom is -0.335 e. The van der Waals surface area contributed by atoms with Crippen LogP contribution in [0.1, 0.15) is 40.0 Å². The molecule has 0 aliphatic heterocycles. The van der Waals surface area contributed by atoms with E-state index < -0.39 is 17.3 Å². The highest BCUT2D eigenvalue weighted by Crippen LogP contribution is 2.33. The molecule has 1 rings (SSSR count). The number of halogens is 1. The van der Waals surface area contributed by atoms with Crippen LogP contribution in [0.4, 0.5) is 4.79 Å². The van der Waals surface area contributed by atoms with Crippen LogP contribution in [-0.4, -0.2) is 23.4 Å². The SMILES string of the molecule is CCC1CCC(NC(=O)NC(=O)C(C)Cl)C1C. The van der Waals surface area contributed by atoms with Crippen LogP contribution in [0.5, 0.6) is 0 Å². The smallest absolute Gasteiger partial charge is 0.321 e. The van der Waals surface area contributed by atoms with Gasteiger partial charge in [0.2, 0.25) is 5.91 Å². The number of rotatable bonds is 3. The summed E-state index contributed by atoms with van der Waals surface area (Å²) < 4.78 is 0. The summed E-state index contributed by atoms with van der Waals surface area (Å²) in [6.07, 6.45) is 3.26. The van der Waals surface area contributed by atoms with Gasteiger partial charge in [-0.3, -0.25) is 10.1 Å². The number of hydrogen-bond donors (Lipinski definition) is 2. The number of alkyl halides is 1. The van der Waals surface area contributed by atoms with E-state index in [2.05, 4.69) is 24.5 Å². The highest BCUT2D eigenvalue weighted by Gasteiger charge is 2.32. The summed E-state index contributed by atoms with van der Waals surface area (Å²) in [4.78, 5) is 22.8. The molecular weight excluding hydrogens is 240 g/mol. The van der Waals surface area contributed by atoms with Crippen LogP contribution in [0.15, 0.2) is 0 Å². The first-order chi connectivity index (χ1) is 7.95. The van der Waals surface area contributed by atoms with E-state index in [-0.39, 0.29) is 6.04 Å². The Labute approximate surface area is 107 Å². The molecule has 98 valence electrons. The summed E-state index contributed by atoms with van der Waals surface area (Å²) in [6.45, 7) is 5.86. The Bertz CT molecular complexity index is 294. The van der Waals surface area contributed by atoms with Crippen LogP contribution in [0.2, 0.25) is 0 Å². The zero-order chi connectivity index (χ0) is 13.0. The molecule has 4 unspecified atom stereocenters. The summed E-state index contributed by atoms with van der Waals surface area (Å²) in [5, 5.41) is 4.40. The third-order valence-corrected chi connectivity index (χ3v) is 3.86. The third kappa shape index (κ3) is 3.87. The summed E-state index contributed by atoms with van der Waals surface area (Å²) in [7, 11) is 0. The Balaban J connectivity index is 2.40. The molecule has 17 heavy (non-hydrogen) atoms. The number of hydrogen-bond acceptors (Lipinski definition) is 2. The van der Waals surface area contributed by atoms with Crippen molar-refractivity contribution in [1.29, 1.82) is 0 Å². The van der Waals surface area contributed by atoms with Crippen LogP contribution in [0.3, 0.4) is 0 Å². The lowest BCUT2D eigenvalue weighted by molar-refractivity contribution is -0.119. The fourth-order valence-electron chi connectivity index (χ4n) is 2.44. The first-order valence-electron chi connectivity index (χ1n) is 6.21. The second kappa shape index (κ2) is 6.24. The predicted octanol–water partition coefficient (Wildman–Crippen LogP) is 2.26. The third-order valence-electron chi connectivity index (χ3n) is 3.67. The van der Waals surface area contributed by atoms with Gasteiger partial charge in [0.25, 0.3) is 0 Å². The lowest BCUT2D eigenvalue weighted by atomic mass is 9.94. The van der Waals surface area contributed by atoms with E-state index in [1.807, 2.05) is 0 Å². The number of amides is 3. The fraction of sp³-hybridized carbons (Fsp3) is 0.833. The molecule has 0 saturated heterocycles. The zero-order valence-electron chi connectivity index (χ0n) is 10.6. The molecule has 2 N–H and O–H groups in total. The summed E-state index contributed by atoms with van der Waals surface area (Å²) in [5.41, 5.74) is 0. The van der Waals surface area contributed by atoms with Gasteiger partial charge in [-0.05, 0) is 31.6 Å². The molecule has 4 atom stereocenters. The Hall–Kier alpha value is -0.770. The molecule has 0 spiro atoms. The first-order valence-corrected chi connectivity index (χ1v) is 6.64. The lowest BCUT2D eigenvalue weighted by Crippen LogP contribution is -2.47. The molecule has 1 fully saturated rings. The van der Waals surface area contributed by atoms with E-state index in [4.69, 9.17) is 11.6 Å². The largest absolute Gasteiger partial charge is 0.335 e. The monoisotopic (exact) mass is 260 g/mol. The van der Waals surface area contributed by atoms with Crippen LogP contribution < -0.4 is 10.6 Å². The minimum absolute atomic E-state index is 0.165. The van der Waals surface area contributed by atoms with Crippen molar-refractivity contribution in [2.24, 2.45) is 11.8 Å². The van der Waals surface area contributed by atoms with Gasteiger partial charge in [-0.2, -0.15) is 0 Å². The second-order valence-electron chi connectivity index (χ2n) is 4.79. The Morgan fingerprint density at radius 2 is 2.06 bits per heavy atom. The maximum absolute atomic E-state index is 11.6. The fourth-order valence-corrected chi connectivity index (χ4v) is 2.50. The average molecular weight is 261 g/mol. The molecule has 0 radical (unpaired) electrons. The van der Waals surface area contributed by atoms with Gasteiger partial charge in [-0.15, -0.1) is 11.6 Å². The van der Waals surface area contributed by atoms with Gasteiger partial charge < -0.3 is 5.32 Å². The van der Waals surface area contributed by atoms with Crippen molar-refractivity contribution in [3.8, 4) is 0 Å². The molecule has 0 aromatic carbocycles. The van der Waals surface area contributed by atoms with Crippen LogP contribution in [0.25, 0.3) is 0 Å². The van der Waals surface area contributed by atoms with Crippen LogP contribution >= 0.6 is 11.6 Å². The number of nitrogens with one attached hydrogen (secondary N) is 2. The van der Waals surface area contributed by atoms with Gasteiger partial charge in [0, 0.05) is 6.04 Å². The topological polar surface area (TPSA) is 58.2 Å². The van der Waals surface area contributed by atoms with Gasteiger partial charge in [-0.25, -0.2) is 4.79 Å². The molecule has 3 amide bonds. The van der Waals surface area contributed by atoms with Crippen molar-refractivity contribution in [3.63, 3.8) is 0 Å². The quantitative estimate of drug-likeness (QED) is 0.765. The van der Waals surface area contributed by atoms with E-state index in [0.717, 1.165) is 19.3 Å². The molecule has 5 heteroatoms. The lowest BCUT2D eigenvalue weighted by Gasteiger charge is -2.21. The van der Waals surface area contributed by atoms with E-state index in [9.17, 15) is 9.59 Å². The number of carbonyl (C=O) groups excluding carboxylic acids is 2. The van der Waals surface area contributed by atoms with Crippen molar-refractivity contribution in [1.82, 2.24) is 10.6 Å². The normalized spacial score (nSPS) is 29.8. The van der Waals surface area contributed by atoms with Gasteiger partial charge in [0.1, 0.15) is 5.38 Å². The van der Waals surface area contributed by atoms with E-state index >= 15 is 0 Å². The summed E-state index contributed by atoms with van der Waals surface area (Å²) >= 11 is 5.57. The number of carbonyl (C=O) groups is 2. The maximum atomic E-state index is 11.6. The molecule has 0 aromatic heterocycles. The molecular formula is C12H21ClN2O2. The van der Waals surface area contributed by atoms with Crippen LogP contribution in [-0.2, 0) is 4.79 Å². The number of urea groups is 1. The molecule has 1 aliphatic carbocycles. The first kappa shape index (κ1) is 14.3. The zero-order valence-corrected chi connectivity index (χ0v) is 11.4. The highest BCUT2D eigenvalue weighted by molar-refractivity contribution is 6.31. The van der Waals surface area contributed by atoms with Crippen molar-refractivity contribution >= 4 is 23.5 Å². The molecule has 4 nitrogen and oxygen atoms in total. The standard InChI is InChI=1S/C12H21ClN2O2/c1-4-9-5-6-10(7(9)2)14-12(17)15-11(16)8(3)13/h7-10H,4-6H2,1-3H3,(H2,14,15,16,17). The van der Waals surface area contributed by atoms with Gasteiger partial charge in [0.05, 0.1) is 0 Å². The van der Waals surface area contributed by atoms with Crippen molar-refractivity contribution in [3.05, 3.63) is 0 Å². The van der Waals surface area contributed by atoms with Crippen molar-refractivity contribution in [2.75, 3.05) is 0 Å². The molecule has 1 saturated carbocycles. The molecule has 0 aromatic rings. The summed E-state index contributed by atoms with van der Waals surface area (Å²) in [6, 6.07) is -0.269.